The normalized spacial score (nSPS) is 14.2. The lowest BCUT2D eigenvalue weighted by Gasteiger charge is -2.25. The van der Waals surface area contributed by atoms with Crippen LogP contribution in [0.15, 0.2) is 48.5 Å². The van der Waals surface area contributed by atoms with Gasteiger partial charge in [0.15, 0.2) is 0 Å². The van der Waals surface area contributed by atoms with E-state index in [0.29, 0.717) is 30.0 Å². The summed E-state index contributed by atoms with van der Waals surface area (Å²) >= 11 is 6.35. The number of benzene rings is 2. The number of nitrogen functional groups attached to an aromatic ring is 1. The average Bonchev–Trinajstić information content (AvgIpc) is 2.92. The molecule has 2 aromatic carbocycles. The highest BCUT2D eigenvalue weighted by Crippen LogP contribution is 2.29. The van der Waals surface area contributed by atoms with Gasteiger partial charge in [-0.25, -0.2) is 9.78 Å². The minimum absolute atomic E-state index is 0.00717. The number of anilines is 3. The van der Waals surface area contributed by atoms with Crippen LogP contribution in [0.25, 0.3) is 11.1 Å². The maximum atomic E-state index is 11.1. The van der Waals surface area contributed by atoms with Crippen molar-refractivity contribution >= 4 is 35.1 Å². The first-order valence-electron chi connectivity index (χ1n) is 13.1. The largest absolute Gasteiger partial charge is 0.376 e. The smallest absolute Gasteiger partial charge is 0.316 e. The van der Waals surface area contributed by atoms with Crippen LogP contribution >= 0.6 is 11.6 Å². The number of nitrogens with one attached hydrogen (secondary N) is 2. The number of unbranched alkanes of at least 4 members (excludes halogenated alkanes) is 1. The molecular formula is C29H34ClN7O2. The van der Waals surface area contributed by atoms with E-state index >= 15 is 0 Å². The van der Waals surface area contributed by atoms with Crippen LogP contribution in [0.4, 0.5) is 22.2 Å². The van der Waals surface area contributed by atoms with Gasteiger partial charge in [-0.1, -0.05) is 60.3 Å². The van der Waals surface area contributed by atoms with Crippen LogP contribution in [0.5, 0.6) is 0 Å². The number of amides is 2. The maximum Gasteiger partial charge on any atom is 0.316 e. The van der Waals surface area contributed by atoms with Gasteiger partial charge < -0.3 is 32.1 Å². The van der Waals surface area contributed by atoms with Crippen LogP contribution in [-0.4, -0.2) is 45.6 Å². The van der Waals surface area contributed by atoms with Crippen molar-refractivity contribution in [1.82, 2.24) is 14.9 Å². The second-order valence-corrected chi connectivity index (χ2v) is 9.84. The lowest BCUT2D eigenvalue weighted by atomic mass is 10.0. The molecule has 0 saturated carbocycles. The third-order valence-corrected chi connectivity index (χ3v) is 6.82. The SMILES string of the molecule is NC(=O)Nc1cccc(-c2ccc(CNc3nc(N)nc(Cl)c3C(O)C#CCCCN3CCCCC3)cc2)c1. The van der Waals surface area contributed by atoms with E-state index in [1.54, 1.807) is 6.07 Å². The summed E-state index contributed by atoms with van der Waals surface area (Å²) in [4.78, 5) is 21.9. The highest BCUT2D eigenvalue weighted by molar-refractivity contribution is 6.30. The molecule has 1 aliphatic rings. The number of nitrogens with two attached hydrogens (primary N) is 2. The minimum atomic E-state index is -1.14. The summed E-state index contributed by atoms with van der Waals surface area (Å²) in [5.41, 5.74) is 14.9. The monoisotopic (exact) mass is 547 g/mol. The zero-order valence-electron chi connectivity index (χ0n) is 21.8. The highest BCUT2D eigenvalue weighted by atomic mass is 35.5. The van der Waals surface area contributed by atoms with E-state index in [-0.39, 0.29) is 11.1 Å². The minimum Gasteiger partial charge on any atom is -0.376 e. The molecule has 2 heterocycles. The first-order chi connectivity index (χ1) is 18.9. The summed E-state index contributed by atoms with van der Waals surface area (Å²) in [5, 5.41) is 16.7. The van der Waals surface area contributed by atoms with Crippen LogP contribution in [0.3, 0.4) is 0 Å². The molecule has 1 unspecified atom stereocenters. The maximum absolute atomic E-state index is 11.1. The number of halogens is 1. The predicted molar refractivity (Wildman–Crippen MR) is 156 cm³/mol. The van der Waals surface area contributed by atoms with E-state index in [4.69, 9.17) is 23.1 Å². The summed E-state index contributed by atoms with van der Waals surface area (Å²) in [5.74, 6) is 6.31. The second-order valence-electron chi connectivity index (χ2n) is 9.48. The molecule has 204 valence electrons. The Balaban J connectivity index is 1.38. The standard InChI is InChI=1S/C29H34ClN7O2/c30-26-25(24(38)10-3-1-4-15-37-16-5-2-6-17-37)27(36-28(31)35-26)33-19-20-11-13-21(14-12-20)22-8-7-9-23(18-22)34-29(32)39/h7-9,11-14,18,24,38H,1-2,4-6,15-17,19H2,(H3,32,34,39)(H3,31,33,35,36). The number of hydrogen-bond donors (Lipinski definition) is 5. The molecule has 4 rings (SSSR count). The van der Waals surface area contributed by atoms with Gasteiger partial charge in [-0.05, 0) is 67.7 Å². The third-order valence-electron chi connectivity index (χ3n) is 6.53. The van der Waals surface area contributed by atoms with Crippen LogP contribution < -0.4 is 22.1 Å². The number of likely N-dealkylation sites (tertiary alicyclic amines) is 1. The molecule has 9 nitrogen and oxygen atoms in total. The van der Waals surface area contributed by atoms with Crippen molar-refractivity contribution in [3.8, 4) is 23.0 Å². The molecule has 1 aromatic heterocycles. The summed E-state index contributed by atoms with van der Waals surface area (Å²) < 4.78 is 0. The lowest BCUT2D eigenvalue weighted by Crippen LogP contribution is -2.30. The number of carbonyl (C=O) groups excluding carboxylic acids is 1. The fraction of sp³-hybridized carbons (Fsp3) is 0.345. The number of aliphatic hydroxyl groups is 1. The summed E-state index contributed by atoms with van der Waals surface area (Å²) in [6, 6.07) is 14.7. The van der Waals surface area contributed by atoms with E-state index in [1.807, 2.05) is 42.5 Å². The van der Waals surface area contributed by atoms with Gasteiger partial charge >= 0.3 is 6.03 Å². The fourth-order valence-electron chi connectivity index (χ4n) is 4.57. The Morgan fingerprint density at radius 3 is 2.62 bits per heavy atom. The Morgan fingerprint density at radius 2 is 1.87 bits per heavy atom. The molecule has 0 spiro atoms. The molecule has 7 N–H and O–H groups in total. The average molecular weight is 548 g/mol. The van der Waals surface area contributed by atoms with Gasteiger partial charge in [0, 0.05) is 18.7 Å². The molecule has 1 fully saturated rings. The Morgan fingerprint density at radius 1 is 1.10 bits per heavy atom. The molecule has 1 saturated heterocycles. The van der Waals surface area contributed by atoms with Gasteiger partial charge in [-0.2, -0.15) is 4.98 Å². The van der Waals surface area contributed by atoms with Gasteiger partial charge in [0.05, 0.1) is 5.56 Å². The van der Waals surface area contributed by atoms with Crippen molar-refractivity contribution in [1.29, 1.82) is 0 Å². The first-order valence-corrected chi connectivity index (χ1v) is 13.5. The Kier molecular flexibility index (Phi) is 9.97. The quantitative estimate of drug-likeness (QED) is 0.147. The summed E-state index contributed by atoms with van der Waals surface area (Å²) in [6.45, 7) is 3.76. The molecule has 3 aromatic rings. The van der Waals surface area contributed by atoms with Crippen LogP contribution in [0, 0.1) is 11.8 Å². The Labute approximate surface area is 234 Å². The number of aromatic nitrogens is 2. The highest BCUT2D eigenvalue weighted by Gasteiger charge is 2.19. The topological polar surface area (TPSA) is 142 Å². The van der Waals surface area contributed by atoms with E-state index in [9.17, 15) is 9.90 Å². The summed E-state index contributed by atoms with van der Waals surface area (Å²) in [6.07, 6.45) is 4.37. The van der Waals surface area contributed by atoms with Crippen LogP contribution in [0.2, 0.25) is 5.15 Å². The van der Waals surface area contributed by atoms with E-state index in [0.717, 1.165) is 42.7 Å². The molecule has 0 radical (unpaired) electrons. The summed E-state index contributed by atoms with van der Waals surface area (Å²) in [7, 11) is 0. The molecule has 1 aliphatic heterocycles. The fourth-order valence-corrected chi connectivity index (χ4v) is 4.85. The molecule has 0 bridgehead atoms. The van der Waals surface area contributed by atoms with Gasteiger partial charge in [-0.15, -0.1) is 5.92 Å². The van der Waals surface area contributed by atoms with E-state index < -0.39 is 12.1 Å². The van der Waals surface area contributed by atoms with E-state index in [2.05, 4.69) is 37.3 Å². The van der Waals surface area contributed by atoms with Crippen LogP contribution in [-0.2, 0) is 6.54 Å². The number of primary amides is 1. The van der Waals surface area contributed by atoms with Gasteiger partial charge in [-0.3, -0.25) is 0 Å². The molecule has 1 atom stereocenters. The predicted octanol–water partition coefficient (Wildman–Crippen LogP) is 4.78. The van der Waals surface area contributed by atoms with Crippen LogP contribution in [0.1, 0.15) is 49.3 Å². The molecule has 10 heteroatoms. The first kappa shape index (κ1) is 28.2. The number of hydrogen-bond acceptors (Lipinski definition) is 7. The molecule has 39 heavy (non-hydrogen) atoms. The number of piperidine rings is 1. The lowest BCUT2D eigenvalue weighted by molar-refractivity contribution is 0.227. The van der Waals surface area contributed by atoms with Crippen molar-refractivity contribution in [3.05, 3.63) is 64.8 Å². The zero-order valence-corrected chi connectivity index (χ0v) is 22.5. The van der Waals surface area contributed by atoms with Gasteiger partial charge in [0.1, 0.15) is 17.1 Å². The number of urea groups is 1. The van der Waals surface area contributed by atoms with Crippen molar-refractivity contribution in [2.45, 2.75) is 44.8 Å². The number of nitrogens with zero attached hydrogens (tertiary/aromatic N) is 3. The molecule has 2 amide bonds. The van der Waals surface area contributed by atoms with Crippen molar-refractivity contribution in [2.75, 3.05) is 36.0 Å². The molecule has 0 aliphatic carbocycles. The molecular weight excluding hydrogens is 514 g/mol. The van der Waals surface area contributed by atoms with Gasteiger partial charge in [0.2, 0.25) is 5.95 Å². The van der Waals surface area contributed by atoms with Crippen molar-refractivity contribution in [3.63, 3.8) is 0 Å². The van der Waals surface area contributed by atoms with Gasteiger partial charge in [0.25, 0.3) is 0 Å². The number of carbonyl (C=O) groups is 1. The third kappa shape index (κ3) is 8.32. The second kappa shape index (κ2) is 13.8. The Bertz CT molecular complexity index is 1330. The van der Waals surface area contributed by atoms with Crippen molar-refractivity contribution < 1.29 is 9.90 Å². The number of aliphatic hydroxyl groups excluding tert-OH is 1. The number of rotatable bonds is 9. The van der Waals surface area contributed by atoms with Crippen molar-refractivity contribution in [2.24, 2.45) is 5.73 Å². The Hall–Kier alpha value is -3.84. The van der Waals surface area contributed by atoms with E-state index in [1.165, 1.54) is 19.3 Å². The zero-order chi connectivity index (χ0) is 27.6.